The van der Waals surface area contributed by atoms with E-state index >= 15 is 0 Å². The summed E-state index contributed by atoms with van der Waals surface area (Å²) in [5.74, 6) is -3.78. The van der Waals surface area contributed by atoms with E-state index in [0.717, 1.165) is 18.6 Å². The second-order valence-corrected chi connectivity index (χ2v) is 6.03. The molecule has 0 aliphatic carbocycles. The SMILES string of the molecule is Fc1cc(NCC2Cc3ccccc3S2)cc(F)c1F. The predicted octanol–water partition coefficient (Wildman–Crippen LogP) is 4.23. The van der Waals surface area contributed by atoms with Crippen LogP contribution >= 0.6 is 11.8 Å². The number of halogens is 3. The number of rotatable bonds is 3. The lowest BCUT2D eigenvalue weighted by Gasteiger charge is -2.12. The lowest BCUT2D eigenvalue weighted by Crippen LogP contribution is -2.16. The minimum Gasteiger partial charge on any atom is -0.384 e. The van der Waals surface area contributed by atoms with Gasteiger partial charge in [-0.1, -0.05) is 18.2 Å². The largest absolute Gasteiger partial charge is 0.384 e. The Morgan fingerprint density at radius 3 is 2.50 bits per heavy atom. The summed E-state index contributed by atoms with van der Waals surface area (Å²) in [6.07, 6.45) is 0.917. The molecular formula is C15H12F3NS. The lowest BCUT2D eigenvalue weighted by atomic mass is 10.1. The fourth-order valence-corrected chi connectivity index (χ4v) is 3.51. The minimum absolute atomic E-state index is 0.262. The van der Waals surface area contributed by atoms with E-state index in [1.807, 2.05) is 12.1 Å². The Balaban J connectivity index is 1.64. The number of hydrogen-bond donors (Lipinski definition) is 1. The predicted molar refractivity (Wildman–Crippen MR) is 74.6 cm³/mol. The molecule has 3 rings (SSSR count). The van der Waals surface area contributed by atoms with Crippen LogP contribution in [0.25, 0.3) is 0 Å². The molecule has 0 saturated heterocycles. The molecule has 1 heterocycles. The quantitative estimate of drug-likeness (QED) is 0.850. The summed E-state index contributed by atoms with van der Waals surface area (Å²) in [7, 11) is 0. The molecule has 1 N–H and O–H groups in total. The molecule has 20 heavy (non-hydrogen) atoms. The Bertz CT molecular complexity index is 597. The minimum atomic E-state index is -1.43. The Morgan fingerprint density at radius 1 is 1.10 bits per heavy atom. The Hall–Kier alpha value is -1.62. The average Bonchev–Trinajstić information content (AvgIpc) is 2.85. The monoisotopic (exact) mass is 295 g/mol. The molecule has 5 heteroatoms. The maximum absolute atomic E-state index is 13.1. The maximum atomic E-state index is 13.1. The molecule has 0 saturated carbocycles. The van der Waals surface area contributed by atoms with Crippen molar-refractivity contribution in [2.75, 3.05) is 11.9 Å². The Labute approximate surface area is 119 Å². The van der Waals surface area contributed by atoms with Crippen LogP contribution in [0.15, 0.2) is 41.3 Å². The zero-order chi connectivity index (χ0) is 14.1. The molecule has 1 atom stereocenters. The average molecular weight is 295 g/mol. The number of fused-ring (bicyclic) bond motifs is 1. The molecule has 0 spiro atoms. The van der Waals surface area contributed by atoms with Gasteiger partial charge in [-0.15, -0.1) is 11.8 Å². The van der Waals surface area contributed by atoms with Gasteiger partial charge in [0, 0.05) is 34.5 Å². The fraction of sp³-hybridized carbons (Fsp3) is 0.200. The first kappa shape index (κ1) is 13.4. The van der Waals surface area contributed by atoms with Crippen molar-refractivity contribution in [3.05, 3.63) is 59.4 Å². The summed E-state index contributed by atoms with van der Waals surface area (Å²) in [4.78, 5) is 1.25. The summed E-state index contributed by atoms with van der Waals surface area (Å²) in [5, 5.41) is 3.27. The van der Waals surface area contributed by atoms with Gasteiger partial charge >= 0.3 is 0 Å². The molecule has 2 aromatic rings. The van der Waals surface area contributed by atoms with Crippen LogP contribution in [0.4, 0.5) is 18.9 Å². The van der Waals surface area contributed by atoms with Crippen molar-refractivity contribution in [3.8, 4) is 0 Å². The summed E-state index contributed by atoms with van der Waals surface area (Å²) >= 11 is 1.74. The lowest BCUT2D eigenvalue weighted by molar-refractivity contribution is 0.447. The van der Waals surface area contributed by atoms with Crippen LogP contribution in [0, 0.1) is 17.5 Å². The van der Waals surface area contributed by atoms with Crippen molar-refractivity contribution < 1.29 is 13.2 Å². The normalized spacial score (nSPS) is 17.1. The van der Waals surface area contributed by atoms with Gasteiger partial charge in [0.25, 0.3) is 0 Å². The van der Waals surface area contributed by atoms with Crippen molar-refractivity contribution in [1.82, 2.24) is 0 Å². The first-order valence-electron chi connectivity index (χ1n) is 6.26. The molecule has 0 fully saturated rings. The van der Waals surface area contributed by atoms with E-state index < -0.39 is 17.5 Å². The van der Waals surface area contributed by atoms with Crippen molar-refractivity contribution >= 4 is 17.4 Å². The van der Waals surface area contributed by atoms with Crippen LogP contribution in [-0.4, -0.2) is 11.8 Å². The third kappa shape index (κ3) is 2.63. The van der Waals surface area contributed by atoms with Crippen LogP contribution in [-0.2, 0) is 6.42 Å². The summed E-state index contributed by atoms with van der Waals surface area (Å²) in [6.45, 7) is 0.573. The van der Waals surface area contributed by atoms with E-state index in [0.29, 0.717) is 11.8 Å². The van der Waals surface area contributed by atoms with Gasteiger partial charge in [-0.2, -0.15) is 0 Å². The number of thioether (sulfide) groups is 1. The van der Waals surface area contributed by atoms with Gasteiger partial charge in [-0.05, 0) is 18.1 Å². The maximum Gasteiger partial charge on any atom is 0.194 e. The van der Waals surface area contributed by atoms with E-state index in [1.165, 1.54) is 10.5 Å². The molecule has 0 radical (unpaired) electrons. The van der Waals surface area contributed by atoms with Crippen LogP contribution in [0.5, 0.6) is 0 Å². The highest BCUT2D eigenvalue weighted by Gasteiger charge is 2.21. The van der Waals surface area contributed by atoms with Crippen LogP contribution in [0.1, 0.15) is 5.56 Å². The van der Waals surface area contributed by atoms with Crippen molar-refractivity contribution in [2.24, 2.45) is 0 Å². The first-order valence-corrected chi connectivity index (χ1v) is 7.14. The molecule has 0 bridgehead atoms. The van der Waals surface area contributed by atoms with Crippen molar-refractivity contribution in [2.45, 2.75) is 16.6 Å². The van der Waals surface area contributed by atoms with Crippen molar-refractivity contribution in [1.29, 1.82) is 0 Å². The van der Waals surface area contributed by atoms with Gasteiger partial charge < -0.3 is 5.32 Å². The van der Waals surface area contributed by atoms with Crippen molar-refractivity contribution in [3.63, 3.8) is 0 Å². The van der Waals surface area contributed by atoms with Crippen LogP contribution < -0.4 is 5.32 Å². The highest BCUT2D eigenvalue weighted by atomic mass is 32.2. The van der Waals surface area contributed by atoms with Crippen LogP contribution in [0.2, 0.25) is 0 Å². The Kier molecular flexibility index (Phi) is 3.61. The second kappa shape index (κ2) is 5.40. The molecule has 1 aliphatic rings. The van der Waals surface area contributed by atoms with E-state index in [9.17, 15) is 13.2 Å². The van der Waals surface area contributed by atoms with Gasteiger partial charge in [0.2, 0.25) is 0 Å². The van der Waals surface area contributed by atoms with Gasteiger partial charge in [0.1, 0.15) is 0 Å². The molecule has 0 amide bonds. The molecule has 1 aliphatic heterocycles. The third-order valence-corrected chi connectivity index (χ3v) is 4.55. The number of hydrogen-bond acceptors (Lipinski definition) is 2. The van der Waals surface area contributed by atoms with Gasteiger partial charge in [0.15, 0.2) is 17.5 Å². The van der Waals surface area contributed by atoms with E-state index in [2.05, 4.69) is 17.4 Å². The molecule has 104 valence electrons. The topological polar surface area (TPSA) is 12.0 Å². The smallest absolute Gasteiger partial charge is 0.194 e. The summed E-state index contributed by atoms with van der Waals surface area (Å²) < 4.78 is 39.0. The molecular weight excluding hydrogens is 283 g/mol. The molecule has 0 aromatic heterocycles. The van der Waals surface area contributed by atoms with E-state index in [4.69, 9.17) is 0 Å². The molecule has 1 unspecified atom stereocenters. The molecule has 2 aromatic carbocycles. The van der Waals surface area contributed by atoms with Crippen LogP contribution in [0.3, 0.4) is 0 Å². The van der Waals surface area contributed by atoms with Gasteiger partial charge in [-0.25, -0.2) is 13.2 Å². The zero-order valence-electron chi connectivity index (χ0n) is 10.5. The first-order chi connectivity index (χ1) is 9.63. The second-order valence-electron chi connectivity index (χ2n) is 4.69. The summed E-state index contributed by atoms with van der Waals surface area (Å²) in [5.41, 5.74) is 1.55. The zero-order valence-corrected chi connectivity index (χ0v) is 11.3. The highest BCUT2D eigenvalue weighted by molar-refractivity contribution is 8.00. The fourth-order valence-electron chi connectivity index (χ4n) is 2.26. The van der Waals surface area contributed by atoms with Gasteiger partial charge in [-0.3, -0.25) is 0 Å². The Morgan fingerprint density at radius 2 is 1.80 bits per heavy atom. The van der Waals surface area contributed by atoms with Gasteiger partial charge in [0.05, 0.1) is 0 Å². The number of benzene rings is 2. The third-order valence-electron chi connectivity index (χ3n) is 3.23. The summed E-state index contributed by atoms with van der Waals surface area (Å²) in [6, 6.07) is 10.1. The molecule has 1 nitrogen and oxygen atoms in total. The number of nitrogens with one attached hydrogen (secondary N) is 1. The number of anilines is 1. The highest BCUT2D eigenvalue weighted by Crippen LogP contribution is 2.36. The van der Waals surface area contributed by atoms with E-state index in [1.54, 1.807) is 11.8 Å². The standard InChI is InChI=1S/C15H12F3NS/c16-12-6-10(7-13(17)15(12)18)19-8-11-5-9-3-1-2-4-14(9)20-11/h1-4,6-7,11,19H,5,8H2. The van der Waals surface area contributed by atoms with E-state index in [-0.39, 0.29) is 5.69 Å².